The minimum absolute atomic E-state index is 0.581. The number of rotatable bonds is 6. The Morgan fingerprint density at radius 3 is 2.70 bits per heavy atom. The maximum absolute atomic E-state index is 5.81. The van der Waals surface area contributed by atoms with E-state index in [1.54, 1.807) is 0 Å². The van der Waals surface area contributed by atoms with Gasteiger partial charge < -0.3 is 10.6 Å². The molecule has 0 bridgehead atoms. The van der Waals surface area contributed by atoms with Gasteiger partial charge in [-0.1, -0.05) is 24.3 Å². The van der Waals surface area contributed by atoms with E-state index in [1.807, 2.05) is 6.07 Å². The largest absolute Gasteiger partial charge is 0.343 e. The van der Waals surface area contributed by atoms with Gasteiger partial charge in [0.05, 0.1) is 0 Å². The van der Waals surface area contributed by atoms with E-state index in [0.717, 1.165) is 24.0 Å². The van der Waals surface area contributed by atoms with Gasteiger partial charge >= 0.3 is 0 Å². The molecule has 2 N–H and O–H groups in total. The summed E-state index contributed by atoms with van der Waals surface area (Å²) in [4.78, 5) is 6.97. The lowest BCUT2D eigenvalue weighted by Gasteiger charge is -2.20. The fourth-order valence-corrected chi connectivity index (χ4v) is 3.10. The summed E-state index contributed by atoms with van der Waals surface area (Å²) in [7, 11) is 0. The van der Waals surface area contributed by atoms with Crippen LogP contribution in [0.15, 0.2) is 24.3 Å². The van der Waals surface area contributed by atoms with Crippen molar-refractivity contribution in [3.8, 4) is 0 Å². The molecule has 3 rings (SSSR count). The van der Waals surface area contributed by atoms with Gasteiger partial charge in [-0.05, 0) is 30.9 Å². The summed E-state index contributed by atoms with van der Waals surface area (Å²) in [6, 6.07) is 8.35. The average molecular weight is 288 g/mol. The molecule has 4 nitrogen and oxygen atoms in total. The van der Waals surface area contributed by atoms with Crippen LogP contribution in [0.25, 0.3) is 0 Å². The summed E-state index contributed by atoms with van der Waals surface area (Å²) in [5.41, 5.74) is 8.30. The smallest absolute Gasteiger partial charge is 0.205 e. The number of hydrogen-bond acceptors (Lipinski definition) is 5. The minimum Gasteiger partial charge on any atom is -0.343 e. The van der Waals surface area contributed by atoms with Crippen LogP contribution in [0.1, 0.15) is 42.6 Å². The van der Waals surface area contributed by atoms with Gasteiger partial charge in [0.25, 0.3) is 0 Å². The average Bonchev–Trinajstić information content (AvgIpc) is 3.23. The molecule has 0 saturated heterocycles. The molecule has 1 aliphatic carbocycles. The van der Waals surface area contributed by atoms with Crippen LogP contribution in [0.5, 0.6) is 0 Å². The van der Waals surface area contributed by atoms with Gasteiger partial charge in [0.15, 0.2) is 0 Å². The predicted molar refractivity (Wildman–Crippen MR) is 82.9 cm³/mol. The van der Waals surface area contributed by atoms with Crippen molar-refractivity contribution < 1.29 is 0 Å². The fourth-order valence-electron chi connectivity index (χ4n) is 2.29. The van der Waals surface area contributed by atoms with Crippen LogP contribution in [0.3, 0.4) is 0 Å². The van der Waals surface area contributed by atoms with Crippen molar-refractivity contribution in [1.82, 2.24) is 9.36 Å². The molecule has 0 radical (unpaired) electrons. The summed E-state index contributed by atoms with van der Waals surface area (Å²) >= 11 is 1.52. The highest BCUT2D eigenvalue weighted by atomic mass is 32.1. The van der Waals surface area contributed by atoms with Crippen molar-refractivity contribution in [3.05, 3.63) is 41.2 Å². The predicted octanol–water partition coefficient (Wildman–Crippen LogP) is 2.90. The van der Waals surface area contributed by atoms with Crippen LogP contribution in [0.4, 0.5) is 5.13 Å². The van der Waals surface area contributed by atoms with Crippen molar-refractivity contribution in [2.45, 2.75) is 38.8 Å². The monoisotopic (exact) mass is 288 g/mol. The summed E-state index contributed by atoms with van der Waals surface area (Å²) in [5, 5.41) is 1.03. The lowest BCUT2D eigenvalue weighted by atomic mass is 10.1. The van der Waals surface area contributed by atoms with Crippen molar-refractivity contribution in [2.24, 2.45) is 5.73 Å². The molecule has 1 heterocycles. The van der Waals surface area contributed by atoms with Gasteiger partial charge in [-0.15, -0.1) is 0 Å². The molecule has 1 aromatic carbocycles. The molecular weight excluding hydrogens is 268 g/mol. The van der Waals surface area contributed by atoms with Crippen molar-refractivity contribution >= 4 is 16.7 Å². The third-order valence-electron chi connectivity index (χ3n) is 3.73. The molecule has 1 aliphatic rings. The van der Waals surface area contributed by atoms with Gasteiger partial charge in [-0.25, -0.2) is 4.98 Å². The summed E-state index contributed by atoms with van der Waals surface area (Å²) in [5.74, 6) is 1.66. The number of hydrogen-bond donors (Lipinski definition) is 1. The first-order valence-corrected chi connectivity index (χ1v) is 7.94. The minimum atomic E-state index is 0.581. The molecule has 106 valence electrons. The molecule has 0 aliphatic heterocycles. The maximum Gasteiger partial charge on any atom is 0.205 e. The van der Waals surface area contributed by atoms with Gasteiger partial charge in [0, 0.05) is 37.1 Å². The number of benzene rings is 1. The SMILES string of the molecule is CCN(Cc1ccccc1CN)c1nc(C2CC2)ns1. The number of nitrogens with zero attached hydrogens (tertiary/aromatic N) is 3. The highest BCUT2D eigenvalue weighted by Crippen LogP contribution is 2.39. The standard InChI is InChI=1S/C15H20N4S/c1-2-19(10-13-6-4-3-5-12(13)9-16)15-17-14(18-20-15)11-7-8-11/h3-6,11H,2,7-10,16H2,1H3. The molecule has 0 amide bonds. The lowest BCUT2D eigenvalue weighted by Crippen LogP contribution is -2.23. The third kappa shape index (κ3) is 2.83. The highest BCUT2D eigenvalue weighted by molar-refractivity contribution is 7.09. The van der Waals surface area contributed by atoms with E-state index in [-0.39, 0.29) is 0 Å². The Bertz CT molecular complexity index is 577. The van der Waals surface area contributed by atoms with Gasteiger partial charge in [0.2, 0.25) is 5.13 Å². The summed E-state index contributed by atoms with van der Waals surface area (Å²) < 4.78 is 4.50. The molecule has 0 unspecified atom stereocenters. The normalized spacial score (nSPS) is 14.5. The Balaban J connectivity index is 1.78. The van der Waals surface area contributed by atoms with Gasteiger partial charge in [0.1, 0.15) is 5.82 Å². The quantitative estimate of drug-likeness (QED) is 0.888. The Hall–Kier alpha value is -1.46. The molecule has 1 saturated carbocycles. The van der Waals surface area contributed by atoms with Crippen LogP contribution in [0, 0.1) is 0 Å². The first-order chi connectivity index (χ1) is 9.81. The zero-order valence-electron chi connectivity index (χ0n) is 11.7. The van der Waals surface area contributed by atoms with Crippen LogP contribution in [-0.4, -0.2) is 15.9 Å². The molecule has 2 aromatic rings. The van der Waals surface area contributed by atoms with Crippen LogP contribution in [0.2, 0.25) is 0 Å². The van der Waals surface area contributed by atoms with E-state index in [0.29, 0.717) is 12.5 Å². The number of anilines is 1. The summed E-state index contributed by atoms with van der Waals surface area (Å²) in [6.45, 7) is 4.52. The Morgan fingerprint density at radius 1 is 1.30 bits per heavy atom. The van der Waals surface area contributed by atoms with E-state index < -0.39 is 0 Å². The highest BCUT2D eigenvalue weighted by Gasteiger charge is 2.28. The van der Waals surface area contributed by atoms with E-state index in [4.69, 9.17) is 10.7 Å². The van der Waals surface area contributed by atoms with E-state index >= 15 is 0 Å². The third-order valence-corrected chi connectivity index (χ3v) is 4.52. The summed E-state index contributed by atoms with van der Waals surface area (Å²) in [6.07, 6.45) is 2.50. The van der Waals surface area contributed by atoms with Gasteiger partial charge in [-0.2, -0.15) is 4.37 Å². The molecule has 0 spiro atoms. The first-order valence-electron chi connectivity index (χ1n) is 7.17. The lowest BCUT2D eigenvalue weighted by molar-refractivity contribution is 0.808. The first kappa shape index (κ1) is 13.5. The molecule has 0 atom stereocenters. The van der Waals surface area contributed by atoms with Crippen molar-refractivity contribution in [1.29, 1.82) is 0 Å². The van der Waals surface area contributed by atoms with Crippen LogP contribution >= 0.6 is 11.5 Å². The van der Waals surface area contributed by atoms with Crippen LogP contribution < -0.4 is 10.6 Å². The van der Waals surface area contributed by atoms with E-state index in [2.05, 4.69) is 34.4 Å². The molecule has 20 heavy (non-hydrogen) atoms. The second-order valence-corrected chi connectivity index (χ2v) is 5.93. The molecule has 1 fully saturated rings. The number of nitrogens with two attached hydrogens (primary N) is 1. The second kappa shape index (κ2) is 5.89. The van der Waals surface area contributed by atoms with Gasteiger partial charge in [-0.3, -0.25) is 0 Å². The molecular formula is C15H20N4S. The van der Waals surface area contributed by atoms with E-state index in [1.165, 1.54) is 35.5 Å². The zero-order valence-corrected chi connectivity index (χ0v) is 12.6. The Kier molecular flexibility index (Phi) is 3.98. The second-order valence-electron chi connectivity index (χ2n) is 5.20. The Labute approximate surface area is 123 Å². The topological polar surface area (TPSA) is 55.0 Å². The Morgan fingerprint density at radius 2 is 2.05 bits per heavy atom. The molecule has 1 aromatic heterocycles. The van der Waals surface area contributed by atoms with Crippen LogP contribution in [-0.2, 0) is 13.1 Å². The van der Waals surface area contributed by atoms with E-state index in [9.17, 15) is 0 Å². The van der Waals surface area contributed by atoms with Crippen molar-refractivity contribution in [2.75, 3.05) is 11.4 Å². The molecule has 5 heteroatoms. The van der Waals surface area contributed by atoms with Crippen molar-refractivity contribution in [3.63, 3.8) is 0 Å². The maximum atomic E-state index is 5.81. The number of aromatic nitrogens is 2. The zero-order chi connectivity index (χ0) is 13.9. The fraction of sp³-hybridized carbons (Fsp3) is 0.467.